The number of nitrogens with zero attached hydrogens (tertiary/aromatic N) is 1. The zero-order valence-electron chi connectivity index (χ0n) is 10.8. The Morgan fingerprint density at radius 3 is 2.53 bits per heavy atom. The maximum Gasteiger partial charge on any atom is 0.343 e. The molecule has 19 heavy (non-hydrogen) atoms. The highest BCUT2D eigenvalue weighted by molar-refractivity contribution is 9.10. The largest absolute Gasteiger partial charge is 0.422 e. The zero-order valence-corrected chi connectivity index (χ0v) is 12.3. The topological polar surface area (TPSA) is 29.5 Å². The fourth-order valence-electron chi connectivity index (χ4n) is 1.60. The van der Waals surface area contributed by atoms with Gasteiger partial charge in [-0.25, -0.2) is 4.79 Å². The van der Waals surface area contributed by atoms with Gasteiger partial charge in [0.05, 0.1) is 10.0 Å². The molecule has 0 spiro atoms. The molecule has 0 aliphatic rings. The number of halogens is 1. The van der Waals surface area contributed by atoms with Crippen molar-refractivity contribution in [3.8, 4) is 5.75 Å². The van der Waals surface area contributed by atoms with E-state index in [4.69, 9.17) is 4.74 Å². The van der Waals surface area contributed by atoms with Crippen molar-refractivity contribution in [1.82, 2.24) is 0 Å². The molecule has 98 valence electrons. The minimum absolute atomic E-state index is 0.365. The summed E-state index contributed by atoms with van der Waals surface area (Å²) in [5.41, 5.74) is 1.49. The Labute approximate surface area is 120 Å². The van der Waals surface area contributed by atoms with Gasteiger partial charge in [0.1, 0.15) is 5.75 Å². The van der Waals surface area contributed by atoms with E-state index >= 15 is 0 Å². The van der Waals surface area contributed by atoms with Crippen molar-refractivity contribution in [1.29, 1.82) is 0 Å². The van der Waals surface area contributed by atoms with E-state index in [2.05, 4.69) is 15.9 Å². The first-order chi connectivity index (χ1) is 9.08. The van der Waals surface area contributed by atoms with Gasteiger partial charge in [0.25, 0.3) is 0 Å². The van der Waals surface area contributed by atoms with Crippen LogP contribution in [0.5, 0.6) is 5.75 Å². The van der Waals surface area contributed by atoms with E-state index in [-0.39, 0.29) is 5.97 Å². The van der Waals surface area contributed by atoms with E-state index in [9.17, 15) is 4.79 Å². The standard InChI is InChI=1S/C15H14BrNO2/c1-17(2)12-7-5-6-11(10-12)15(18)19-14-9-4-3-8-13(14)16/h3-10H,1-2H3. The third-order valence-electron chi connectivity index (χ3n) is 2.64. The second-order valence-corrected chi connectivity index (χ2v) is 5.12. The Morgan fingerprint density at radius 2 is 1.84 bits per heavy atom. The lowest BCUT2D eigenvalue weighted by atomic mass is 10.2. The second-order valence-electron chi connectivity index (χ2n) is 4.26. The van der Waals surface area contributed by atoms with Crippen LogP contribution < -0.4 is 9.64 Å². The average molecular weight is 320 g/mol. The Bertz CT molecular complexity index is 596. The Balaban J connectivity index is 2.21. The Kier molecular flexibility index (Phi) is 4.22. The number of para-hydroxylation sites is 1. The molecule has 0 aliphatic heterocycles. The molecule has 2 aromatic carbocycles. The summed E-state index contributed by atoms with van der Waals surface area (Å²) >= 11 is 3.35. The van der Waals surface area contributed by atoms with Crippen molar-refractivity contribution in [3.05, 3.63) is 58.6 Å². The number of hydrogen-bond acceptors (Lipinski definition) is 3. The van der Waals surface area contributed by atoms with Crippen molar-refractivity contribution in [2.75, 3.05) is 19.0 Å². The highest BCUT2D eigenvalue weighted by Crippen LogP contribution is 2.25. The Morgan fingerprint density at radius 1 is 1.11 bits per heavy atom. The predicted molar refractivity (Wildman–Crippen MR) is 79.9 cm³/mol. The van der Waals surface area contributed by atoms with E-state index in [1.165, 1.54) is 0 Å². The summed E-state index contributed by atoms with van der Waals surface area (Å²) in [6, 6.07) is 14.6. The minimum atomic E-state index is -0.365. The lowest BCUT2D eigenvalue weighted by Crippen LogP contribution is -2.12. The summed E-state index contributed by atoms with van der Waals surface area (Å²) < 4.78 is 6.12. The van der Waals surface area contributed by atoms with Crippen molar-refractivity contribution in [3.63, 3.8) is 0 Å². The van der Waals surface area contributed by atoms with Gasteiger partial charge in [-0.3, -0.25) is 0 Å². The first-order valence-corrected chi connectivity index (χ1v) is 6.61. The number of anilines is 1. The highest BCUT2D eigenvalue weighted by Gasteiger charge is 2.11. The van der Waals surface area contributed by atoms with Crippen LogP contribution in [0.1, 0.15) is 10.4 Å². The minimum Gasteiger partial charge on any atom is -0.422 e. The fourth-order valence-corrected chi connectivity index (χ4v) is 1.96. The van der Waals surface area contributed by atoms with Crippen molar-refractivity contribution in [2.24, 2.45) is 0 Å². The van der Waals surface area contributed by atoms with Crippen LogP contribution >= 0.6 is 15.9 Å². The van der Waals surface area contributed by atoms with Gasteiger partial charge in [0.2, 0.25) is 0 Å². The first-order valence-electron chi connectivity index (χ1n) is 5.82. The molecule has 0 unspecified atom stereocenters. The summed E-state index contributed by atoms with van der Waals surface area (Å²) in [6.07, 6.45) is 0. The molecule has 0 N–H and O–H groups in total. The lowest BCUT2D eigenvalue weighted by Gasteiger charge is -2.13. The zero-order chi connectivity index (χ0) is 13.8. The maximum absolute atomic E-state index is 12.1. The van der Waals surface area contributed by atoms with Gasteiger partial charge in [-0.2, -0.15) is 0 Å². The molecule has 0 heterocycles. The fraction of sp³-hybridized carbons (Fsp3) is 0.133. The summed E-state index contributed by atoms with van der Waals surface area (Å²) in [7, 11) is 3.86. The predicted octanol–water partition coefficient (Wildman–Crippen LogP) is 3.73. The summed E-state index contributed by atoms with van der Waals surface area (Å²) in [6.45, 7) is 0. The average Bonchev–Trinajstić information content (AvgIpc) is 2.41. The molecule has 3 nitrogen and oxygen atoms in total. The van der Waals surface area contributed by atoms with Crippen LogP contribution in [0.15, 0.2) is 53.0 Å². The monoisotopic (exact) mass is 319 g/mol. The van der Waals surface area contributed by atoms with E-state index in [0.29, 0.717) is 11.3 Å². The number of esters is 1. The van der Waals surface area contributed by atoms with Crippen LogP contribution in [-0.4, -0.2) is 20.1 Å². The van der Waals surface area contributed by atoms with Crippen molar-refractivity contribution >= 4 is 27.6 Å². The van der Waals surface area contributed by atoms with Gasteiger partial charge in [-0.05, 0) is 46.3 Å². The number of benzene rings is 2. The normalized spacial score (nSPS) is 10.1. The number of carbonyl (C=O) groups is 1. The molecule has 2 rings (SSSR count). The first kappa shape index (κ1) is 13.6. The number of carbonyl (C=O) groups excluding carboxylic acids is 1. The second kappa shape index (κ2) is 5.89. The van der Waals surface area contributed by atoms with Crippen LogP contribution in [0, 0.1) is 0 Å². The smallest absolute Gasteiger partial charge is 0.343 e. The molecule has 0 atom stereocenters. The third-order valence-corrected chi connectivity index (χ3v) is 3.29. The van der Waals surface area contributed by atoms with Gasteiger partial charge < -0.3 is 9.64 Å². The lowest BCUT2D eigenvalue weighted by molar-refractivity contribution is 0.0733. The molecule has 0 radical (unpaired) electrons. The Hall–Kier alpha value is -1.81. The summed E-state index contributed by atoms with van der Waals surface area (Å²) in [5, 5.41) is 0. The molecular formula is C15H14BrNO2. The molecule has 0 aliphatic carbocycles. The molecule has 4 heteroatoms. The van der Waals surface area contributed by atoms with Crippen molar-refractivity contribution in [2.45, 2.75) is 0 Å². The number of hydrogen-bond donors (Lipinski definition) is 0. The molecular weight excluding hydrogens is 306 g/mol. The molecule has 0 saturated heterocycles. The van der Waals surface area contributed by atoms with Gasteiger partial charge in [0, 0.05) is 19.8 Å². The molecule has 2 aromatic rings. The van der Waals surface area contributed by atoms with Crippen LogP contribution in [0.4, 0.5) is 5.69 Å². The van der Waals surface area contributed by atoms with Crippen LogP contribution in [0.25, 0.3) is 0 Å². The van der Waals surface area contributed by atoms with Crippen LogP contribution in [0.3, 0.4) is 0 Å². The van der Waals surface area contributed by atoms with E-state index < -0.39 is 0 Å². The quantitative estimate of drug-likeness (QED) is 0.637. The van der Waals surface area contributed by atoms with E-state index in [1.54, 1.807) is 18.2 Å². The van der Waals surface area contributed by atoms with Crippen molar-refractivity contribution < 1.29 is 9.53 Å². The number of ether oxygens (including phenoxy) is 1. The van der Waals surface area contributed by atoms with Gasteiger partial charge >= 0.3 is 5.97 Å². The van der Waals surface area contributed by atoms with Crippen LogP contribution in [-0.2, 0) is 0 Å². The highest BCUT2D eigenvalue weighted by atomic mass is 79.9. The van der Waals surface area contributed by atoms with Gasteiger partial charge in [0.15, 0.2) is 0 Å². The van der Waals surface area contributed by atoms with E-state index in [0.717, 1.165) is 10.2 Å². The summed E-state index contributed by atoms with van der Waals surface area (Å²) in [5.74, 6) is 0.151. The maximum atomic E-state index is 12.1. The van der Waals surface area contributed by atoms with E-state index in [1.807, 2.05) is 49.3 Å². The molecule has 0 aromatic heterocycles. The molecule has 0 amide bonds. The third kappa shape index (κ3) is 3.35. The molecule has 0 saturated carbocycles. The SMILES string of the molecule is CN(C)c1cccc(C(=O)Oc2ccccc2Br)c1. The van der Waals surface area contributed by atoms with Gasteiger partial charge in [-0.15, -0.1) is 0 Å². The molecule has 0 bridgehead atoms. The summed E-state index contributed by atoms with van der Waals surface area (Å²) in [4.78, 5) is 14.0. The van der Waals surface area contributed by atoms with Gasteiger partial charge in [-0.1, -0.05) is 18.2 Å². The number of rotatable bonds is 3. The van der Waals surface area contributed by atoms with Crippen LogP contribution in [0.2, 0.25) is 0 Å². The molecule has 0 fully saturated rings.